The van der Waals surface area contributed by atoms with Crippen LogP contribution < -0.4 is 4.90 Å². The number of benzene rings is 2. The average molecular weight is 355 g/mol. The number of nitrogens with zero attached hydrogens (tertiary/aromatic N) is 2. The van der Waals surface area contributed by atoms with E-state index in [2.05, 4.69) is 56.0 Å². The standard InChI is InChI=1S/C21H26N2OS/c1-4-11-22-12-13-23(21(24)15-22)18-7-5-6-8-20(18)25-19-10-9-16(2)14-17(19)3/h5-10,14H,4,11-13,15H2,1-3H3. The van der Waals surface area contributed by atoms with Crippen molar-refractivity contribution in [3.05, 3.63) is 53.6 Å². The third-order valence-electron chi connectivity index (χ3n) is 4.55. The van der Waals surface area contributed by atoms with Gasteiger partial charge < -0.3 is 4.90 Å². The second-order valence-corrected chi connectivity index (χ2v) is 7.74. The molecule has 0 unspecified atom stereocenters. The van der Waals surface area contributed by atoms with Crippen LogP contribution >= 0.6 is 11.8 Å². The van der Waals surface area contributed by atoms with Crippen LogP contribution in [-0.4, -0.2) is 37.0 Å². The zero-order chi connectivity index (χ0) is 17.8. The Morgan fingerprint density at radius 1 is 1.04 bits per heavy atom. The molecule has 1 aliphatic rings. The van der Waals surface area contributed by atoms with Crippen LogP contribution in [0.25, 0.3) is 0 Å². The second kappa shape index (κ2) is 8.07. The zero-order valence-corrected chi connectivity index (χ0v) is 16.1. The molecule has 1 saturated heterocycles. The number of hydrogen-bond donors (Lipinski definition) is 0. The predicted octanol–water partition coefficient (Wildman–Crippen LogP) is 4.51. The molecule has 1 fully saturated rings. The average Bonchev–Trinajstić information content (AvgIpc) is 2.59. The minimum absolute atomic E-state index is 0.202. The van der Waals surface area contributed by atoms with Crippen molar-refractivity contribution in [1.29, 1.82) is 0 Å². The first-order valence-electron chi connectivity index (χ1n) is 8.95. The number of anilines is 1. The number of piperazine rings is 1. The van der Waals surface area contributed by atoms with Crippen molar-refractivity contribution < 1.29 is 4.79 Å². The molecule has 0 saturated carbocycles. The SMILES string of the molecule is CCCN1CCN(c2ccccc2Sc2ccc(C)cc2C)C(=O)C1. The van der Waals surface area contributed by atoms with Crippen LogP contribution in [0.1, 0.15) is 24.5 Å². The van der Waals surface area contributed by atoms with Crippen molar-refractivity contribution in [1.82, 2.24) is 4.90 Å². The Morgan fingerprint density at radius 2 is 1.84 bits per heavy atom. The molecule has 3 nitrogen and oxygen atoms in total. The molecule has 0 radical (unpaired) electrons. The summed E-state index contributed by atoms with van der Waals surface area (Å²) in [5.74, 6) is 0.202. The number of hydrogen-bond acceptors (Lipinski definition) is 3. The van der Waals surface area contributed by atoms with E-state index in [9.17, 15) is 4.79 Å². The van der Waals surface area contributed by atoms with Gasteiger partial charge in [0.25, 0.3) is 0 Å². The number of rotatable bonds is 5. The molecule has 3 rings (SSSR count). The summed E-state index contributed by atoms with van der Waals surface area (Å²) in [6, 6.07) is 14.8. The molecule has 0 aliphatic carbocycles. The molecule has 1 amide bonds. The van der Waals surface area contributed by atoms with Crippen LogP contribution in [-0.2, 0) is 4.79 Å². The summed E-state index contributed by atoms with van der Waals surface area (Å²) in [6.07, 6.45) is 1.09. The van der Waals surface area contributed by atoms with Gasteiger partial charge >= 0.3 is 0 Å². The zero-order valence-electron chi connectivity index (χ0n) is 15.3. The topological polar surface area (TPSA) is 23.6 Å². The van der Waals surface area contributed by atoms with Crippen molar-refractivity contribution >= 4 is 23.4 Å². The lowest BCUT2D eigenvalue weighted by atomic mass is 10.2. The van der Waals surface area contributed by atoms with E-state index in [0.29, 0.717) is 6.54 Å². The highest BCUT2D eigenvalue weighted by molar-refractivity contribution is 7.99. The lowest BCUT2D eigenvalue weighted by Gasteiger charge is -2.35. The van der Waals surface area contributed by atoms with Gasteiger partial charge in [0.1, 0.15) is 0 Å². The molecule has 0 N–H and O–H groups in total. The number of carbonyl (C=O) groups is 1. The van der Waals surface area contributed by atoms with E-state index in [0.717, 1.165) is 36.6 Å². The van der Waals surface area contributed by atoms with Crippen molar-refractivity contribution in [2.24, 2.45) is 0 Å². The van der Waals surface area contributed by atoms with Crippen LogP contribution in [0.2, 0.25) is 0 Å². The van der Waals surface area contributed by atoms with E-state index in [-0.39, 0.29) is 5.91 Å². The maximum atomic E-state index is 12.7. The van der Waals surface area contributed by atoms with Crippen molar-refractivity contribution in [3.63, 3.8) is 0 Å². The van der Waals surface area contributed by atoms with Gasteiger partial charge in [-0.15, -0.1) is 0 Å². The highest BCUT2D eigenvalue weighted by atomic mass is 32.2. The van der Waals surface area contributed by atoms with Crippen molar-refractivity contribution in [2.75, 3.05) is 31.1 Å². The second-order valence-electron chi connectivity index (χ2n) is 6.66. The highest BCUT2D eigenvalue weighted by Gasteiger charge is 2.26. The molecule has 1 heterocycles. The Balaban J connectivity index is 1.83. The molecule has 132 valence electrons. The smallest absolute Gasteiger partial charge is 0.241 e. The quantitative estimate of drug-likeness (QED) is 0.789. The van der Waals surface area contributed by atoms with E-state index in [4.69, 9.17) is 0 Å². The first kappa shape index (κ1) is 18.0. The first-order valence-corrected chi connectivity index (χ1v) is 9.77. The molecule has 4 heteroatoms. The Labute approximate surface area is 155 Å². The summed E-state index contributed by atoms with van der Waals surface area (Å²) in [4.78, 5) is 19.3. The number of aryl methyl sites for hydroxylation is 2. The fourth-order valence-corrected chi connectivity index (χ4v) is 4.30. The Kier molecular flexibility index (Phi) is 5.82. The molecule has 0 atom stereocenters. The summed E-state index contributed by atoms with van der Waals surface area (Å²) in [5.41, 5.74) is 3.59. The lowest BCUT2D eigenvalue weighted by molar-refractivity contribution is -0.121. The Hall–Kier alpha value is -1.78. The van der Waals surface area contributed by atoms with E-state index in [1.54, 1.807) is 11.8 Å². The van der Waals surface area contributed by atoms with Gasteiger partial charge in [0.2, 0.25) is 5.91 Å². The molecule has 0 bridgehead atoms. The van der Waals surface area contributed by atoms with E-state index < -0.39 is 0 Å². The third-order valence-corrected chi connectivity index (χ3v) is 5.79. The summed E-state index contributed by atoms with van der Waals surface area (Å²) in [7, 11) is 0. The van der Waals surface area contributed by atoms with Crippen LogP contribution in [0.3, 0.4) is 0 Å². The summed E-state index contributed by atoms with van der Waals surface area (Å²) in [6.45, 7) is 9.66. The van der Waals surface area contributed by atoms with Crippen LogP contribution in [0, 0.1) is 13.8 Å². The molecule has 2 aromatic carbocycles. The third kappa shape index (κ3) is 4.25. The number of carbonyl (C=O) groups excluding carboxylic acids is 1. The number of para-hydroxylation sites is 1. The van der Waals surface area contributed by atoms with Gasteiger partial charge in [0, 0.05) is 22.9 Å². The fourth-order valence-electron chi connectivity index (χ4n) is 3.28. The molecule has 0 spiro atoms. The summed E-state index contributed by atoms with van der Waals surface area (Å²) >= 11 is 1.75. The van der Waals surface area contributed by atoms with Crippen LogP contribution in [0.5, 0.6) is 0 Å². The predicted molar refractivity (Wildman–Crippen MR) is 106 cm³/mol. The van der Waals surface area contributed by atoms with Crippen molar-refractivity contribution in [2.45, 2.75) is 37.0 Å². The maximum absolute atomic E-state index is 12.7. The van der Waals surface area contributed by atoms with Gasteiger partial charge in [0.15, 0.2) is 0 Å². The minimum Gasteiger partial charge on any atom is -0.309 e. The van der Waals surface area contributed by atoms with Crippen molar-refractivity contribution in [3.8, 4) is 0 Å². The lowest BCUT2D eigenvalue weighted by Crippen LogP contribution is -2.50. The Morgan fingerprint density at radius 3 is 2.56 bits per heavy atom. The number of amides is 1. The van der Waals surface area contributed by atoms with E-state index >= 15 is 0 Å². The molecular weight excluding hydrogens is 328 g/mol. The molecular formula is C21H26N2OS. The van der Waals surface area contributed by atoms with Gasteiger partial charge in [-0.05, 0) is 50.6 Å². The molecule has 0 aromatic heterocycles. The van der Waals surface area contributed by atoms with E-state index in [1.165, 1.54) is 16.0 Å². The summed E-state index contributed by atoms with van der Waals surface area (Å²) < 4.78 is 0. The Bertz CT molecular complexity index is 759. The van der Waals surface area contributed by atoms with Crippen LogP contribution in [0.15, 0.2) is 52.3 Å². The maximum Gasteiger partial charge on any atom is 0.241 e. The van der Waals surface area contributed by atoms with Gasteiger partial charge in [-0.2, -0.15) is 0 Å². The van der Waals surface area contributed by atoms with Gasteiger partial charge in [-0.1, -0.05) is 48.5 Å². The first-order chi connectivity index (χ1) is 12.1. The largest absolute Gasteiger partial charge is 0.309 e. The highest BCUT2D eigenvalue weighted by Crippen LogP contribution is 2.37. The van der Waals surface area contributed by atoms with Crippen LogP contribution in [0.4, 0.5) is 5.69 Å². The molecule has 1 aliphatic heterocycles. The minimum atomic E-state index is 0.202. The molecule has 2 aromatic rings. The normalized spacial score (nSPS) is 15.6. The van der Waals surface area contributed by atoms with Gasteiger partial charge in [-0.25, -0.2) is 0 Å². The van der Waals surface area contributed by atoms with Gasteiger partial charge in [0.05, 0.1) is 12.2 Å². The fraction of sp³-hybridized carbons (Fsp3) is 0.381. The van der Waals surface area contributed by atoms with Gasteiger partial charge in [-0.3, -0.25) is 9.69 Å². The van der Waals surface area contributed by atoms with E-state index in [1.807, 2.05) is 17.0 Å². The molecule has 25 heavy (non-hydrogen) atoms. The summed E-state index contributed by atoms with van der Waals surface area (Å²) in [5, 5.41) is 0. The monoisotopic (exact) mass is 354 g/mol.